The Balaban J connectivity index is 2.10. The highest BCUT2D eigenvalue weighted by atomic mass is 16.5. The zero-order valence-electron chi connectivity index (χ0n) is 10.5. The lowest BCUT2D eigenvalue weighted by Gasteiger charge is -2.20. The van der Waals surface area contributed by atoms with Crippen LogP contribution in [0.15, 0.2) is 24.3 Å². The fourth-order valence-electron chi connectivity index (χ4n) is 1.92. The number of amides is 1. The molecule has 1 aliphatic rings. The summed E-state index contributed by atoms with van der Waals surface area (Å²) in [6.07, 6.45) is 1.04. The Bertz CT molecular complexity index is 401. The first-order valence-electron chi connectivity index (χ1n) is 6.15. The molecule has 1 heterocycles. The Hall–Kier alpha value is -1.51. The Morgan fingerprint density at radius 3 is 2.88 bits per heavy atom. The molecule has 92 valence electrons. The molecule has 0 unspecified atom stereocenters. The number of hydrogen-bond acceptors (Lipinski definition) is 2. The van der Waals surface area contributed by atoms with Gasteiger partial charge in [-0.3, -0.25) is 4.79 Å². The predicted molar refractivity (Wildman–Crippen MR) is 66.8 cm³/mol. The average Bonchev–Trinajstić information content (AvgIpc) is 2.47. The quantitative estimate of drug-likeness (QED) is 0.802. The molecule has 0 saturated carbocycles. The summed E-state index contributed by atoms with van der Waals surface area (Å²) in [6.45, 7) is 5.99. The summed E-state index contributed by atoms with van der Waals surface area (Å²) in [7, 11) is 0. The summed E-state index contributed by atoms with van der Waals surface area (Å²) in [5.41, 5.74) is 1.10. The monoisotopic (exact) mass is 233 g/mol. The van der Waals surface area contributed by atoms with Crippen molar-refractivity contribution in [2.45, 2.75) is 26.8 Å². The number of rotatable bonds is 3. The number of benzene rings is 1. The summed E-state index contributed by atoms with van der Waals surface area (Å²) in [5.74, 6) is 1.54. The van der Waals surface area contributed by atoms with Crippen LogP contribution in [0.25, 0.3) is 0 Å². The molecule has 2 rings (SSSR count). The molecule has 0 radical (unpaired) electrons. The van der Waals surface area contributed by atoms with Crippen LogP contribution in [-0.2, 0) is 11.3 Å². The zero-order chi connectivity index (χ0) is 12.3. The molecule has 17 heavy (non-hydrogen) atoms. The van der Waals surface area contributed by atoms with Crippen LogP contribution in [0.2, 0.25) is 0 Å². The lowest BCUT2D eigenvalue weighted by atomic mass is 10.1. The molecule has 0 bridgehead atoms. The number of carbonyl (C=O) groups is 1. The zero-order valence-corrected chi connectivity index (χ0v) is 10.5. The van der Waals surface area contributed by atoms with Crippen LogP contribution in [0.4, 0.5) is 0 Å². The number of hydrogen-bond donors (Lipinski definition) is 0. The van der Waals surface area contributed by atoms with Crippen molar-refractivity contribution < 1.29 is 9.53 Å². The molecule has 1 aromatic rings. The van der Waals surface area contributed by atoms with E-state index in [4.69, 9.17) is 4.74 Å². The van der Waals surface area contributed by atoms with Crippen molar-refractivity contribution in [3.8, 4) is 5.75 Å². The third kappa shape index (κ3) is 2.99. The average molecular weight is 233 g/mol. The first-order valence-corrected chi connectivity index (χ1v) is 6.15. The maximum Gasteiger partial charge on any atom is 0.260 e. The second-order valence-electron chi connectivity index (χ2n) is 4.89. The van der Waals surface area contributed by atoms with Crippen LogP contribution in [0.1, 0.15) is 25.8 Å². The molecule has 0 spiro atoms. The van der Waals surface area contributed by atoms with Gasteiger partial charge in [0.2, 0.25) is 0 Å². The van der Waals surface area contributed by atoms with E-state index in [1.807, 2.05) is 29.2 Å². The molecule has 0 atom stereocenters. The topological polar surface area (TPSA) is 29.5 Å². The maximum absolute atomic E-state index is 11.9. The van der Waals surface area contributed by atoms with Gasteiger partial charge in [0.25, 0.3) is 5.91 Å². The van der Waals surface area contributed by atoms with Crippen molar-refractivity contribution >= 4 is 5.91 Å². The molecule has 0 aliphatic carbocycles. The minimum Gasteiger partial charge on any atom is -0.483 e. The molecular formula is C14H19NO2. The van der Waals surface area contributed by atoms with E-state index in [2.05, 4.69) is 13.8 Å². The van der Waals surface area contributed by atoms with Crippen LogP contribution in [0, 0.1) is 5.92 Å². The van der Waals surface area contributed by atoms with E-state index in [0.717, 1.165) is 24.3 Å². The van der Waals surface area contributed by atoms with E-state index >= 15 is 0 Å². The standard InChI is InChI=1S/C14H19NO2/c1-11(2)7-8-15-9-12-5-3-4-6-13(12)17-10-14(15)16/h3-6,11H,7-10H2,1-2H3. The third-order valence-corrected chi connectivity index (χ3v) is 3.01. The van der Waals surface area contributed by atoms with E-state index in [1.54, 1.807) is 0 Å². The van der Waals surface area contributed by atoms with Crippen LogP contribution < -0.4 is 4.74 Å². The fraction of sp³-hybridized carbons (Fsp3) is 0.500. The van der Waals surface area contributed by atoms with Gasteiger partial charge in [-0.05, 0) is 18.4 Å². The molecule has 0 aromatic heterocycles. The van der Waals surface area contributed by atoms with Crippen molar-refractivity contribution in [2.75, 3.05) is 13.2 Å². The molecule has 0 fully saturated rings. The van der Waals surface area contributed by atoms with Crippen LogP contribution in [-0.4, -0.2) is 24.0 Å². The molecule has 3 heteroatoms. The summed E-state index contributed by atoms with van der Waals surface area (Å²) >= 11 is 0. The number of para-hydroxylation sites is 1. The van der Waals surface area contributed by atoms with Gasteiger partial charge in [-0.15, -0.1) is 0 Å². The number of carbonyl (C=O) groups excluding carboxylic acids is 1. The van der Waals surface area contributed by atoms with Crippen molar-refractivity contribution in [1.82, 2.24) is 4.90 Å². The van der Waals surface area contributed by atoms with Gasteiger partial charge in [0.15, 0.2) is 6.61 Å². The van der Waals surface area contributed by atoms with Crippen LogP contribution in [0.5, 0.6) is 5.75 Å². The first kappa shape index (κ1) is 12.0. The minimum atomic E-state index is 0.0850. The SMILES string of the molecule is CC(C)CCN1Cc2ccccc2OCC1=O. The van der Waals surface area contributed by atoms with E-state index in [9.17, 15) is 4.79 Å². The predicted octanol–water partition coefficient (Wildman–Crippen LogP) is 2.45. The Morgan fingerprint density at radius 1 is 1.35 bits per heavy atom. The van der Waals surface area contributed by atoms with Gasteiger partial charge in [-0.25, -0.2) is 0 Å². The lowest BCUT2D eigenvalue weighted by Crippen LogP contribution is -2.33. The van der Waals surface area contributed by atoms with Crippen molar-refractivity contribution in [2.24, 2.45) is 5.92 Å². The van der Waals surface area contributed by atoms with Gasteiger partial charge >= 0.3 is 0 Å². The van der Waals surface area contributed by atoms with E-state index in [0.29, 0.717) is 12.5 Å². The highest BCUT2D eigenvalue weighted by molar-refractivity contribution is 5.78. The van der Waals surface area contributed by atoms with Crippen LogP contribution in [0.3, 0.4) is 0 Å². The van der Waals surface area contributed by atoms with Gasteiger partial charge in [0.05, 0.1) is 0 Å². The summed E-state index contributed by atoms with van der Waals surface area (Å²) < 4.78 is 5.51. The first-order chi connectivity index (χ1) is 8.16. The molecule has 1 amide bonds. The van der Waals surface area contributed by atoms with Crippen LogP contribution >= 0.6 is 0 Å². The van der Waals surface area contributed by atoms with Gasteiger partial charge < -0.3 is 9.64 Å². The van der Waals surface area contributed by atoms with E-state index < -0.39 is 0 Å². The normalized spacial score (nSPS) is 15.5. The number of nitrogens with zero attached hydrogens (tertiary/aromatic N) is 1. The summed E-state index contributed by atoms with van der Waals surface area (Å²) in [4.78, 5) is 13.8. The van der Waals surface area contributed by atoms with Gasteiger partial charge in [-0.1, -0.05) is 32.0 Å². The van der Waals surface area contributed by atoms with Gasteiger partial charge in [-0.2, -0.15) is 0 Å². The summed E-state index contributed by atoms with van der Waals surface area (Å²) in [5, 5.41) is 0. The van der Waals surface area contributed by atoms with E-state index in [1.165, 1.54) is 0 Å². The number of ether oxygens (including phenoxy) is 1. The van der Waals surface area contributed by atoms with Crippen molar-refractivity contribution in [1.29, 1.82) is 0 Å². The third-order valence-electron chi connectivity index (χ3n) is 3.01. The molecular weight excluding hydrogens is 214 g/mol. The molecule has 1 aliphatic heterocycles. The van der Waals surface area contributed by atoms with Gasteiger partial charge in [0.1, 0.15) is 5.75 Å². The highest BCUT2D eigenvalue weighted by Crippen LogP contribution is 2.23. The van der Waals surface area contributed by atoms with Crippen molar-refractivity contribution in [3.63, 3.8) is 0 Å². The lowest BCUT2D eigenvalue weighted by molar-refractivity contribution is -0.133. The summed E-state index contributed by atoms with van der Waals surface area (Å²) in [6, 6.07) is 7.87. The Labute approximate surface area is 102 Å². The van der Waals surface area contributed by atoms with Crippen molar-refractivity contribution in [3.05, 3.63) is 29.8 Å². The maximum atomic E-state index is 11.9. The molecule has 1 aromatic carbocycles. The number of fused-ring (bicyclic) bond motifs is 1. The fourth-order valence-corrected chi connectivity index (χ4v) is 1.92. The Kier molecular flexibility index (Phi) is 3.67. The molecule has 0 N–H and O–H groups in total. The highest BCUT2D eigenvalue weighted by Gasteiger charge is 2.20. The molecule has 3 nitrogen and oxygen atoms in total. The second-order valence-corrected chi connectivity index (χ2v) is 4.89. The largest absolute Gasteiger partial charge is 0.483 e. The van der Waals surface area contributed by atoms with E-state index in [-0.39, 0.29) is 12.5 Å². The molecule has 0 saturated heterocycles. The minimum absolute atomic E-state index is 0.0850. The second kappa shape index (κ2) is 5.21. The van der Waals surface area contributed by atoms with Gasteiger partial charge in [0, 0.05) is 18.7 Å². The smallest absolute Gasteiger partial charge is 0.260 e. The Morgan fingerprint density at radius 2 is 2.12 bits per heavy atom.